The van der Waals surface area contributed by atoms with Gasteiger partial charge in [-0.3, -0.25) is 4.79 Å². The van der Waals surface area contributed by atoms with Crippen LogP contribution in [0.15, 0.2) is 59.5 Å². The summed E-state index contributed by atoms with van der Waals surface area (Å²) < 4.78 is 37.4. The average Bonchev–Trinajstić information content (AvgIpc) is 2.82. The average molecular weight is 445 g/mol. The van der Waals surface area contributed by atoms with Gasteiger partial charge in [0.25, 0.3) is 0 Å². The van der Waals surface area contributed by atoms with Crippen LogP contribution >= 0.6 is 0 Å². The molecule has 2 aromatic carbocycles. The van der Waals surface area contributed by atoms with Crippen molar-refractivity contribution in [1.82, 2.24) is 9.21 Å². The highest BCUT2D eigenvalue weighted by molar-refractivity contribution is 7.89. The highest BCUT2D eigenvalue weighted by Gasteiger charge is 2.26. The zero-order valence-electron chi connectivity index (χ0n) is 18.0. The number of morpholine rings is 1. The monoisotopic (exact) mass is 444 g/mol. The van der Waals surface area contributed by atoms with Crippen LogP contribution in [0.25, 0.3) is 6.08 Å². The maximum absolute atomic E-state index is 12.7. The highest BCUT2D eigenvalue weighted by Crippen LogP contribution is 2.28. The number of carbonyl (C=O) groups excluding carboxylic acids is 1. The molecule has 0 spiro atoms. The fourth-order valence-corrected chi connectivity index (χ4v) is 4.79. The Morgan fingerprint density at radius 2 is 1.77 bits per heavy atom. The van der Waals surface area contributed by atoms with E-state index in [4.69, 9.17) is 9.47 Å². The molecular weight excluding hydrogens is 416 g/mol. The van der Waals surface area contributed by atoms with Crippen molar-refractivity contribution in [2.24, 2.45) is 0 Å². The fourth-order valence-electron chi connectivity index (χ4n) is 3.38. The molecule has 1 aliphatic rings. The van der Waals surface area contributed by atoms with Gasteiger partial charge in [0.05, 0.1) is 31.3 Å². The number of nitrogens with zero attached hydrogens (tertiary/aromatic N) is 2. The Morgan fingerprint density at radius 3 is 2.42 bits per heavy atom. The second-order valence-corrected chi connectivity index (χ2v) is 9.22. The second kappa shape index (κ2) is 10.1. The number of amides is 1. The molecule has 0 radical (unpaired) electrons. The molecule has 0 bridgehead atoms. The number of hydrogen-bond donors (Lipinski definition) is 0. The molecule has 1 aliphatic heterocycles. The van der Waals surface area contributed by atoms with E-state index in [2.05, 4.69) is 0 Å². The van der Waals surface area contributed by atoms with Crippen molar-refractivity contribution >= 4 is 22.0 Å². The van der Waals surface area contributed by atoms with Gasteiger partial charge in [0.1, 0.15) is 5.75 Å². The minimum Gasteiger partial charge on any atom is -0.496 e. The summed E-state index contributed by atoms with van der Waals surface area (Å²) in [5.74, 6) is 0.569. The number of methoxy groups -OCH3 is 1. The van der Waals surface area contributed by atoms with Gasteiger partial charge in [-0.1, -0.05) is 30.3 Å². The SMILES string of the molecule is COc1ccccc1C(C)N(C)C(=O)/C=C/c1ccc(S(=O)(=O)N2CCOCC2)cc1. The summed E-state index contributed by atoms with van der Waals surface area (Å²) in [7, 11) is -0.185. The van der Waals surface area contributed by atoms with Gasteiger partial charge in [-0.05, 0) is 36.8 Å². The van der Waals surface area contributed by atoms with Crippen LogP contribution in [0.5, 0.6) is 5.75 Å². The van der Waals surface area contributed by atoms with E-state index in [1.807, 2.05) is 31.2 Å². The van der Waals surface area contributed by atoms with Crippen LogP contribution in [0.1, 0.15) is 24.1 Å². The van der Waals surface area contributed by atoms with E-state index in [0.717, 1.165) is 16.9 Å². The first-order chi connectivity index (χ1) is 14.8. The topological polar surface area (TPSA) is 76.2 Å². The quantitative estimate of drug-likeness (QED) is 0.614. The van der Waals surface area contributed by atoms with Crippen molar-refractivity contribution in [3.63, 3.8) is 0 Å². The van der Waals surface area contributed by atoms with Crippen molar-refractivity contribution in [2.75, 3.05) is 40.5 Å². The normalized spacial score (nSPS) is 16.2. The Bertz CT molecular complexity index is 1030. The maximum atomic E-state index is 12.7. The molecule has 1 heterocycles. The van der Waals surface area contributed by atoms with Crippen molar-refractivity contribution in [1.29, 1.82) is 0 Å². The van der Waals surface area contributed by atoms with Gasteiger partial charge in [-0.25, -0.2) is 8.42 Å². The molecule has 2 aromatic rings. The van der Waals surface area contributed by atoms with E-state index in [0.29, 0.717) is 26.3 Å². The number of sulfonamides is 1. The van der Waals surface area contributed by atoms with E-state index < -0.39 is 10.0 Å². The molecule has 1 fully saturated rings. The number of para-hydroxylation sites is 1. The summed E-state index contributed by atoms with van der Waals surface area (Å²) in [6.07, 6.45) is 3.16. The number of benzene rings is 2. The predicted octanol–water partition coefficient (Wildman–Crippen LogP) is 2.95. The summed E-state index contributed by atoms with van der Waals surface area (Å²) in [4.78, 5) is 14.5. The van der Waals surface area contributed by atoms with Gasteiger partial charge in [-0.15, -0.1) is 0 Å². The van der Waals surface area contributed by atoms with Gasteiger partial charge in [0.15, 0.2) is 0 Å². The Balaban J connectivity index is 1.68. The van der Waals surface area contributed by atoms with Crippen LogP contribution in [0.3, 0.4) is 0 Å². The molecule has 1 amide bonds. The van der Waals surface area contributed by atoms with Gasteiger partial charge in [0, 0.05) is 31.8 Å². The van der Waals surface area contributed by atoms with Gasteiger partial charge in [-0.2, -0.15) is 4.31 Å². The van der Waals surface area contributed by atoms with Gasteiger partial charge in [0.2, 0.25) is 15.9 Å². The lowest BCUT2D eigenvalue weighted by Crippen LogP contribution is -2.40. The van der Waals surface area contributed by atoms with Crippen molar-refractivity contribution in [2.45, 2.75) is 17.9 Å². The fraction of sp³-hybridized carbons (Fsp3) is 0.348. The first kappa shape index (κ1) is 23.0. The minimum atomic E-state index is -3.53. The van der Waals surface area contributed by atoms with Crippen LogP contribution in [-0.4, -0.2) is 64.0 Å². The van der Waals surface area contributed by atoms with Crippen LogP contribution in [0.4, 0.5) is 0 Å². The smallest absolute Gasteiger partial charge is 0.246 e. The van der Waals surface area contributed by atoms with Crippen molar-refractivity contribution < 1.29 is 22.7 Å². The van der Waals surface area contributed by atoms with Crippen molar-refractivity contribution in [3.05, 3.63) is 65.7 Å². The molecule has 1 atom stereocenters. The van der Waals surface area contributed by atoms with Crippen LogP contribution in [0, 0.1) is 0 Å². The maximum Gasteiger partial charge on any atom is 0.246 e. The van der Waals surface area contributed by atoms with Gasteiger partial charge >= 0.3 is 0 Å². The zero-order valence-corrected chi connectivity index (χ0v) is 18.8. The molecule has 1 unspecified atom stereocenters. The molecule has 31 heavy (non-hydrogen) atoms. The molecule has 166 valence electrons. The number of ether oxygens (including phenoxy) is 2. The molecule has 0 aromatic heterocycles. The highest BCUT2D eigenvalue weighted by atomic mass is 32.2. The minimum absolute atomic E-state index is 0.163. The summed E-state index contributed by atoms with van der Waals surface area (Å²) in [5.41, 5.74) is 1.67. The van der Waals surface area contributed by atoms with Gasteiger partial charge < -0.3 is 14.4 Å². The van der Waals surface area contributed by atoms with E-state index in [1.54, 1.807) is 49.4 Å². The first-order valence-electron chi connectivity index (χ1n) is 10.1. The Hall–Kier alpha value is -2.68. The number of hydrogen-bond acceptors (Lipinski definition) is 5. The van der Waals surface area contributed by atoms with E-state index >= 15 is 0 Å². The summed E-state index contributed by atoms with van der Waals surface area (Å²) in [5, 5.41) is 0. The lowest BCUT2D eigenvalue weighted by molar-refractivity contribution is -0.126. The molecule has 0 saturated carbocycles. The summed E-state index contributed by atoms with van der Waals surface area (Å²) in [6, 6.07) is 14.0. The predicted molar refractivity (Wildman–Crippen MR) is 119 cm³/mol. The van der Waals surface area contributed by atoms with E-state index in [1.165, 1.54) is 10.4 Å². The van der Waals surface area contributed by atoms with Crippen molar-refractivity contribution in [3.8, 4) is 5.75 Å². The van der Waals surface area contributed by atoms with E-state index in [9.17, 15) is 13.2 Å². The number of rotatable bonds is 7. The zero-order chi connectivity index (χ0) is 22.4. The van der Waals surface area contributed by atoms with Crippen LogP contribution < -0.4 is 4.74 Å². The molecular formula is C23H28N2O5S. The standard InChI is InChI=1S/C23H28N2O5S/c1-18(21-6-4-5-7-22(21)29-3)24(2)23(26)13-10-19-8-11-20(12-9-19)31(27,28)25-14-16-30-17-15-25/h4-13,18H,14-17H2,1-3H3/b13-10+. The summed E-state index contributed by atoms with van der Waals surface area (Å²) >= 11 is 0. The molecule has 3 rings (SSSR count). The molecule has 0 N–H and O–H groups in total. The largest absolute Gasteiger partial charge is 0.496 e. The third-order valence-corrected chi connectivity index (χ3v) is 7.34. The third kappa shape index (κ3) is 5.33. The second-order valence-electron chi connectivity index (χ2n) is 7.29. The Morgan fingerprint density at radius 1 is 1.13 bits per heavy atom. The molecule has 7 nitrogen and oxygen atoms in total. The third-order valence-electron chi connectivity index (χ3n) is 5.42. The summed E-state index contributed by atoms with van der Waals surface area (Å²) in [6.45, 7) is 3.46. The van der Waals surface area contributed by atoms with Crippen LogP contribution in [0.2, 0.25) is 0 Å². The molecule has 0 aliphatic carbocycles. The molecule has 1 saturated heterocycles. The first-order valence-corrected chi connectivity index (χ1v) is 11.5. The Kier molecular flexibility index (Phi) is 7.48. The lowest BCUT2D eigenvalue weighted by atomic mass is 10.1. The number of carbonyl (C=O) groups is 1. The lowest BCUT2D eigenvalue weighted by Gasteiger charge is -2.26. The van der Waals surface area contributed by atoms with E-state index in [-0.39, 0.29) is 16.8 Å². The molecule has 8 heteroatoms. The number of likely N-dealkylation sites (N-methyl/N-ethyl adjacent to an activating group) is 1. The van der Waals surface area contributed by atoms with Crippen LogP contribution in [-0.2, 0) is 19.6 Å². The Labute approximate surface area is 183 Å².